The van der Waals surface area contributed by atoms with Crippen LogP contribution < -0.4 is 5.32 Å². The number of nitrogens with one attached hydrogen (secondary N) is 1. The summed E-state index contributed by atoms with van der Waals surface area (Å²) in [5.74, 6) is -0.992. The lowest BCUT2D eigenvalue weighted by molar-refractivity contribution is -0.138. The zero-order chi connectivity index (χ0) is 15.9. The van der Waals surface area contributed by atoms with Crippen LogP contribution in [0.5, 0.6) is 0 Å². The molecule has 0 spiro atoms. The molecular formula is C15H18N2O5. The number of hydrogen-bond donors (Lipinski definition) is 1. The predicted octanol–water partition coefficient (Wildman–Crippen LogP) is 0.661. The first-order valence-electron chi connectivity index (χ1n) is 6.96. The molecule has 0 unspecified atom stereocenters. The number of carbonyl (C=O) groups excluding carboxylic acids is 3. The molecule has 1 N–H and O–H groups in total. The summed E-state index contributed by atoms with van der Waals surface area (Å²) in [5, 5.41) is 2.60. The van der Waals surface area contributed by atoms with Gasteiger partial charge in [-0.05, 0) is 24.3 Å². The number of rotatable bonds is 4. The molecule has 7 nitrogen and oxygen atoms in total. The molecule has 2 rings (SSSR count). The molecule has 1 aliphatic rings. The van der Waals surface area contributed by atoms with Crippen molar-refractivity contribution in [2.45, 2.75) is 6.92 Å². The molecule has 0 radical (unpaired) electrons. The summed E-state index contributed by atoms with van der Waals surface area (Å²) in [5.41, 5.74) is 0.914. The molecule has 118 valence electrons. The second-order valence-electron chi connectivity index (χ2n) is 4.83. The van der Waals surface area contributed by atoms with Crippen LogP contribution >= 0.6 is 0 Å². The smallest absolute Gasteiger partial charge is 0.338 e. The van der Waals surface area contributed by atoms with Gasteiger partial charge in [-0.2, -0.15) is 0 Å². The average molecular weight is 306 g/mol. The van der Waals surface area contributed by atoms with Gasteiger partial charge in [0.1, 0.15) is 0 Å². The van der Waals surface area contributed by atoms with Crippen molar-refractivity contribution >= 4 is 23.5 Å². The fraction of sp³-hybridized carbons (Fsp3) is 0.400. The van der Waals surface area contributed by atoms with Crippen LogP contribution in [-0.4, -0.2) is 55.6 Å². The Hall–Kier alpha value is -2.41. The van der Waals surface area contributed by atoms with Crippen molar-refractivity contribution < 1.29 is 23.9 Å². The normalized spacial score (nSPS) is 14.3. The Morgan fingerprint density at radius 1 is 1.18 bits per heavy atom. The lowest BCUT2D eigenvalue weighted by Crippen LogP contribution is -2.42. The van der Waals surface area contributed by atoms with Crippen molar-refractivity contribution in [1.82, 2.24) is 4.90 Å². The lowest BCUT2D eigenvalue weighted by atomic mass is 10.2. The monoisotopic (exact) mass is 306 g/mol. The predicted molar refractivity (Wildman–Crippen MR) is 78.4 cm³/mol. The number of carbonyl (C=O) groups is 3. The van der Waals surface area contributed by atoms with Crippen molar-refractivity contribution in [2.75, 3.05) is 38.2 Å². The molecule has 1 fully saturated rings. The Labute approximate surface area is 128 Å². The van der Waals surface area contributed by atoms with E-state index >= 15 is 0 Å². The van der Waals surface area contributed by atoms with Gasteiger partial charge < -0.3 is 19.7 Å². The van der Waals surface area contributed by atoms with E-state index in [4.69, 9.17) is 9.47 Å². The van der Waals surface area contributed by atoms with Gasteiger partial charge in [-0.25, -0.2) is 4.79 Å². The van der Waals surface area contributed by atoms with Gasteiger partial charge in [0.05, 0.1) is 18.8 Å². The van der Waals surface area contributed by atoms with Crippen LogP contribution in [0.4, 0.5) is 5.69 Å². The molecule has 1 aromatic carbocycles. The Bertz CT molecular complexity index is 550. The average Bonchev–Trinajstić information content (AvgIpc) is 2.53. The number of nitrogens with zero attached hydrogens (tertiary/aromatic N) is 1. The van der Waals surface area contributed by atoms with E-state index in [-0.39, 0.29) is 18.4 Å². The van der Waals surface area contributed by atoms with E-state index in [0.717, 1.165) is 0 Å². The Balaban J connectivity index is 1.83. The van der Waals surface area contributed by atoms with E-state index in [1.54, 1.807) is 17.0 Å². The summed E-state index contributed by atoms with van der Waals surface area (Å²) in [4.78, 5) is 36.2. The van der Waals surface area contributed by atoms with E-state index in [2.05, 4.69) is 5.32 Å². The number of ether oxygens (including phenoxy) is 2. The molecule has 1 heterocycles. The molecule has 0 saturated carbocycles. The molecule has 0 aromatic heterocycles. The highest BCUT2D eigenvalue weighted by Gasteiger charge is 2.18. The summed E-state index contributed by atoms with van der Waals surface area (Å²) < 4.78 is 10.2. The zero-order valence-corrected chi connectivity index (χ0v) is 12.3. The molecule has 1 saturated heterocycles. The number of anilines is 1. The highest BCUT2D eigenvalue weighted by Crippen LogP contribution is 2.10. The summed E-state index contributed by atoms with van der Waals surface area (Å²) in [6.07, 6.45) is 0. The largest absolute Gasteiger partial charge is 0.452 e. The minimum absolute atomic E-state index is 0.188. The number of esters is 1. The van der Waals surface area contributed by atoms with E-state index in [1.807, 2.05) is 0 Å². The maximum atomic E-state index is 11.9. The lowest BCUT2D eigenvalue weighted by Gasteiger charge is -2.26. The van der Waals surface area contributed by atoms with Crippen molar-refractivity contribution in [1.29, 1.82) is 0 Å². The van der Waals surface area contributed by atoms with Crippen molar-refractivity contribution in [3.63, 3.8) is 0 Å². The van der Waals surface area contributed by atoms with Crippen LogP contribution in [0.1, 0.15) is 17.3 Å². The van der Waals surface area contributed by atoms with E-state index in [9.17, 15) is 14.4 Å². The molecule has 0 atom stereocenters. The second-order valence-corrected chi connectivity index (χ2v) is 4.83. The second kappa shape index (κ2) is 7.56. The quantitative estimate of drug-likeness (QED) is 0.826. The van der Waals surface area contributed by atoms with Crippen LogP contribution in [0.3, 0.4) is 0 Å². The Morgan fingerprint density at radius 2 is 1.82 bits per heavy atom. The Morgan fingerprint density at radius 3 is 2.41 bits per heavy atom. The molecule has 1 aromatic rings. The number of benzene rings is 1. The third kappa shape index (κ3) is 4.56. The van der Waals surface area contributed by atoms with E-state index in [0.29, 0.717) is 37.6 Å². The summed E-state index contributed by atoms with van der Waals surface area (Å²) in [6.45, 7) is 3.16. The number of hydrogen-bond acceptors (Lipinski definition) is 5. The van der Waals surface area contributed by atoms with Gasteiger partial charge in [0.15, 0.2) is 6.61 Å². The van der Waals surface area contributed by atoms with Crippen LogP contribution in [-0.2, 0) is 19.1 Å². The Kier molecular flexibility index (Phi) is 5.48. The maximum Gasteiger partial charge on any atom is 0.338 e. The summed E-state index contributed by atoms with van der Waals surface area (Å²) in [6, 6.07) is 6.27. The standard InChI is InChI=1S/C15H18N2O5/c1-11(18)16-13-4-2-12(3-5-13)15(20)22-10-14(19)17-6-8-21-9-7-17/h2-5H,6-10H2,1H3,(H,16,18). The maximum absolute atomic E-state index is 11.9. The molecule has 2 amide bonds. The molecule has 7 heteroatoms. The van der Waals surface area contributed by atoms with Crippen LogP contribution in [0.25, 0.3) is 0 Å². The van der Waals surface area contributed by atoms with Crippen molar-refractivity contribution in [3.05, 3.63) is 29.8 Å². The molecule has 0 bridgehead atoms. The van der Waals surface area contributed by atoms with Gasteiger partial charge >= 0.3 is 5.97 Å². The summed E-state index contributed by atoms with van der Waals surface area (Å²) in [7, 11) is 0. The molecular weight excluding hydrogens is 288 g/mol. The molecule has 0 aliphatic carbocycles. The van der Waals surface area contributed by atoms with Crippen LogP contribution in [0.15, 0.2) is 24.3 Å². The van der Waals surface area contributed by atoms with E-state index in [1.165, 1.54) is 19.1 Å². The van der Waals surface area contributed by atoms with Crippen molar-refractivity contribution in [3.8, 4) is 0 Å². The van der Waals surface area contributed by atoms with E-state index < -0.39 is 5.97 Å². The van der Waals surface area contributed by atoms with Crippen LogP contribution in [0, 0.1) is 0 Å². The highest BCUT2D eigenvalue weighted by atomic mass is 16.5. The first-order chi connectivity index (χ1) is 10.6. The fourth-order valence-electron chi connectivity index (χ4n) is 2.01. The number of amides is 2. The third-order valence-electron chi connectivity index (χ3n) is 3.13. The van der Waals surface area contributed by atoms with Gasteiger partial charge in [0, 0.05) is 25.7 Å². The zero-order valence-electron chi connectivity index (χ0n) is 12.3. The van der Waals surface area contributed by atoms with Gasteiger partial charge in [0.25, 0.3) is 5.91 Å². The topological polar surface area (TPSA) is 84.9 Å². The summed E-state index contributed by atoms with van der Waals surface area (Å²) >= 11 is 0. The minimum atomic E-state index is -0.573. The van der Waals surface area contributed by atoms with Crippen LogP contribution in [0.2, 0.25) is 0 Å². The molecule has 22 heavy (non-hydrogen) atoms. The highest BCUT2D eigenvalue weighted by molar-refractivity contribution is 5.93. The van der Waals surface area contributed by atoms with Gasteiger partial charge in [-0.1, -0.05) is 0 Å². The van der Waals surface area contributed by atoms with Crippen molar-refractivity contribution in [2.24, 2.45) is 0 Å². The van der Waals surface area contributed by atoms with Gasteiger partial charge in [-0.3, -0.25) is 9.59 Å². The first kappa shape index (κ1) is 16.0. The van der Waals surface area contributed by atoms with Gasteiger partial charge in [-0.15, -0.1) is 0 Å². The minimum Gasteiger partial charge on any atom is -0.452 e. The fourth-order valence-corrected chi connectivity index (χ4v) is 2.01. The molecule has 1 aliphatic heterocycles. The van der Waals surface area contributed by atoms with Gasteiger partial charge in [0.2, 0.25) is 5.91 Å². The first-order valence-corrected chi connectivity index (χ1v) is 6.96. The number of morpholine rings is 1. The SMILES string of the molecule is CC(=O)Nc1ccc(C(=O)OCC(=O)N2CCOCC2)cc1. The third-order valence-corrected chi connectivity index (χ3v) is 3.13.